The Kier molecular flexibility index (Phi) is 6.04. The van der Waals surface area contributed by atoms with Crippen LogP contribution in [0.5, 0.6) is 0 Å². The van der Waals surface area contributed by atoms with Crippen molar-refractivity contribution in [3.8, 4) is 0 Å². The lowest BCUT2D eigenvalue weighted by Crippen LogP contribution is -2.30. The van der Waals surface area contributed by atoms with Gasteiger partial charge < -0.3 is 10.1 Å². The number of anilines is 1. The molecule has 0 aromatic heterocycles. The van der Waals surface area contributed by atoms with Gasteiger partial charge in [-0.2, -0.15) is 0 Å². The van der Waals surface area contributed by atoms with Crippen molar-refractivity contribution in [1.82, 2.24) is 4.90 Å². The molecule has 0 saturated heterocycles. The summed E-state index contributed by atoms with van der Waals surface area (Å²) in [6, 6.07) is 20.4. The second kappa shape index (κ2) is 9.08. The van der Waals surface area contributed by atoms with Crippen LogP contribution in [0.1, 0.15) is 49.1 Å². The molecule has 0 saturated carbocycles. The number of carbonyl (C=O) groups is 4. The maximum Gasteiger partial charge on any atom is 0.338 e. The number of ether oxygens (including phenoxy) is 1. The Labute approximate surface area is 191 Å². The SMILES string of the molecule is Cc1ccccc1NC(=O)C(C)OC(=O)c1cccc(CN2C(=O)c3ccccc3C2=O)c1. The summed E-state index contributed by atoms with van der Waals surface area (Å²) in [6.45, 7) is 3.39. The standard InChI is InChI=1S/C26H22N2O5/c1-16-8-3-6-13-22(16)27-23(29)17(2)33-26(32)19-10-7-9-18(14-19)15-28-24(30)20-11-4-5-12-21(20)25(28)31/h3-14,17H,15H2,1-2H3,(H,27,29). The number of amides is 3. The molecule has 0 aliphatic carbocycles. The number of nitrogens with zero attached hydrogens (tertiary/aromatic N) is 1. The zero-order valence-electron chi connectivity index (χ0n) is 18.2. The van der Waals surface area contributed by atoms with E-state index in [0.29, 0.717) is 22.4 Å². The largest absolute Gasteiger partial charge is 0.449 e. The Morgan fingerprint density at radius 1 is 0.909 bits per heavy atom. The smallest absolute Gasteiger partial charge is 0.338 e. The molecule has 166 valence electrons. The minimum atomic E-state index is -1.02. The summed E-state index contributed by atoms with van der Waals surface area (Å²) >= 11 is 0. The molecule has 1 aliphatic rings. The van der Waals surface area contributed by atoms with E-state index in [1.54, 1.807) is 60.7 Å². The highest BCUT2D eigenvalue weighted by Crippen LogP contribution is 2.24. The van der Waals surface area contributed by atoms with Gasteiger partial charge in [-0.25, -0.2) is 4.79 Å². The van der Waals surface area contributed by atoms with E-state index in [0.717, 1.165) is 10.5 Å². The highest BCUT2D eigenvalue weighted by Gasteiger charge is 2.35. The Morgan fingerprint density at radius 2 is 1.55 bits per heavy atom. The Hall–Kier alpha value is -4.26. The third-order valence-corrected chi connectivity index (χ3v) is 5.44. The molecule has 0 fully saturated rings. The Balaban J connectivity index is 1.42. The maximum atomic E-state index is 12.6. The van der Waals surface area contributed by atoms with Crippen molar-refractivity contribution in [2.24, 2.45) is 0 Å². The molecule has 1 N–H and O–H groups in total. The van der Waals surface area contributed by atoms with Crippen molar-refractivity contribution < 1.29 is 23.9 Å². The van der Waals surface area contributed by atoms with Crippen molar-refractivity contribution >= 4 is 29.4 Å². The third-order valence-electron chi connectivity index (χ3n) is 5.44. The molecule has 7 heteroatoms. The highest BCUT2D eigenvalue weighted by atomic mass is 16.5. The molecule has 0 bridgehead atoms. The first kappa shape index (κ1) is 22.0. The summed E-state index contributed by atoms with van der Waals surface area (Å²) in [6.07, 6.45) is -1.02. The first-order chi connectivity index (χ1) is 15.8. The number of aryl methyl sites for hydroxylation is 1. The Bertz CT molecular complexity index is 1230. The first-order valence-electron chi connectivity index (χ1n) is 10.5. The van der Waals surface area contributed by atoms with Crippen molar-refractivity contribution in [1.29, 1.82) is 0 Å². The molecule has 1 unspecified atom stereocenters. The van der Waals surface area contributed by atoms with Crippen molar-refractivity contribution in [3.63, 3.8) is 0 Å². The van der Waals surface area contributed by atoms with E-state index in [1.165, 1.54) is 6.92 Å². The number of hydrogen-bond acceptors (Lipinski definition) is 5. The van der Waals surface area contributed by atoms with Crippen molar-refractivity contribution in [3.05, 3.63) is 101 Å². The molecular weight excluding hydrogens is 420 g/mol. The van der Waals surface area contributed by atoms with Gasteiger partial charge in [0.1, 0.15) is 0 Å². The summed E-state index contributed by atoms with van der Waals surface area (Å²) < 4.78 is 5.33. The summed E-state index contributed by atoms with van der Waals surface area (Å²) in [5, 5.41) is 2.75. The lowest BCUT2D eigenvalue weighted by molar-refractivity contribution is -0.123. The molecule has 3 aromatic rings. The molecule has 7 nitrogen and oxygen atoms in total. The molecule has 33 heavy (non-hydrogen) atoms. The van der Waals surface area contributed by atoms with Gasteiger partial charge in [0.15, 0.2) is 6.10 Å². The van der Waals surface area contributed by atoms with Gasteiger partial charge in [0.25, 0.3) is 17.7 Å². The molecule has 0 spiro atoms. The van der Waals surface area contributed by atoms with E-state index in [2.05, 4.69) is 5.32 Å². The van der Waals surface area contributed by atoms with E-state index in [1.807, 2.05) is 19.1 Å². The van der Waals surface area contributed by atoms with Gasteiger partial charge >= 0.3 is 5.97 Å². The number of rotatable bonds is 6. The minimum absolute atomic E-state index is 0.0246. The topological polar surface area (TPSA) is 92.8 Å². The zero-order chi connectivity index (χ0) is 23.5. The number of hydrogen-bond donors (Lipinski definition) is 1. The highest BCUT2D eigenvalue weighted by molar-refractivity contribution is 6.21. The van der Waals surface area contributed by atoms with Gasteiger partial charge in [-0.05, 0) is 55.3 Å². The van der Waals surface area contributed by atoms with Gasteiger partial charge in [0, 0.05) is 5.69 Å². The van der Waals surface area contributed by atoms with Gasteiger partial charge in [-0.3, -0.25) is 19.3 Å². The monoisotopic (exact) mass is 442 g/mol. The molecule has 3 aromatic carbocycles. The van der Waals surface area contributed by atoms with Crippen LogP contribution in [0.15, 0.2) is 72.8 Å². The predicted molar refractivity (Wildman–Crippen MR) is 122 cm³/mol. The lowest BCUT2D eigenvalue weighted by atomic mass is 10.1. The quantitative estimate of drug-likeness (QED) is 0.461. The fraction of sp³-hybridized carbons (Fsp3) is 0.154. The van der Waals surface area contributed by atoms with Gasteiger partial charge in [0.05, 0.1) is 23.2 Å². The van der Waals surface area contributed by atoms with Crippen molar-refractivity contribution in [2.75, 3.05) is 5.32 Å². The van der Waals surface area contributed by atoms with Crippen LogP contribution in [0.2, 0.25) is 0 Å². The normalized spacial score (nSPS) is 13.5. The van der Waals surface area contributed by atoms with E-state index in [4.69, 9.17) is 4.74 Å². The molecule has 1 heterocycles. The van der Waals surface area contributed by atoms with Gasteiger partial charge in [-0.15, -0.1) is 0 Å². The minimum Gasteiger partial charge on any atom is -0.449 e. The van der Waals surface area contributed by atoms with E-state index in [-0.39, 0.29) is 23.9 Å². The number of esters is 1. The van der Waals surface area contributed by atoms with Crippen LogP contribution >= 0.6 is 0 Å². The number of fused-ring (bicyclic) bond motifs is 1. The molecule has 1 aliphatic heterocycles. The summed E-state index contributed by atoms with van der Waals surface area (Å²) in [5.41, 5.74) is 3.09. The number of imide groups is 1. The van der Waals surface area contributed by atoms with Crippen LogP contribution in [-0.2, 0) is 16.1 Å². The fourth-order valence-electron chi connectivity index (χ4n) is 3.59. The summed E-state index contributed by atoms with van der Waals surface area (Å²) in [5.74, 6) is -1.86. The number of para-hydroxylation sites is 1. The average Bonchev–Trinajstić information content (AvgIpc) is 3.05. The van der Waals surface area contributed by atoms with Crippen LogP contribution in [-0.4, -0.2) is 34.7 Å². The predicted octanol–water partition coefficient (Wildman–Crippen LogP) is 3.98. The van der Waals surface area contributed by atoms with Gasteiger partial charge in [-0.1, -0.05) is 42.5 Å². The number of nitrogens with one attached hydrogen (secondary N) is 1. The maximum absolute atomic E-state index is 12.6. The molecule has 1 atom stereocenters. The molecular formula is C26H22N2O5. The second-order valence-corrected chi connectivity index (χ2v) is 7.79. The van der Waals surface area contributed by atoms with E-state index in [9.17, 15) is 19.2 Å². The van der Waals surface area contributed by atoms with Crippen LogP contribution in [0.4, 0.5) is 5.69 Å². The number of benzene rings is 3. The van der Waals surface area contributed by atoms with Crippen LogP contribution < -0.4 is 5.32 Å². The third kappa shape index (κ3) is 4.52. The summed E-state index contributed by atoms with van der Waals surface area (Å²) in [7, 11) is 0. The van der Waals surface area contributed by atoms with Gasteiger partial charge in [0.2, 0.25) is 0 Å². The van der Waals surface area contributed by atoms with E-state index < -0.39 is 18.0 Å². The van der Waals surface area contributed by atoms with Crippen LogP contribution in [0.25, 0.3) is 0 Å². The molecule has 0 radical (unpaired) electrons. The lowest BCUT2D eigenvalue weighted by Gasteiger charge is -2.16. The number of carbonyl (C=O) groups excluding carboxylic acids is 4. The summed E-state index contributed by atoms with van der Waals surface area (Å²) in [4.78, 5) is 51.4. The van der Waals surface area contributed by atoms with Crippen LogP contribution in [0.3, 0.4) is 0 Å². The average molecular weight is 442 g/mol. The fourth-order valence-corrected chi connectivity index (χ4v) is 3.59. The van der Waals surface area contributed by atoms with Crippen LogP contribution in [0, 0.1) is 6.92 Å². The molecule has 4 rings (SSSR count). The second-order valence-electron chi connectivity index (χ2n) is 7.79. The van der Waals surface area contributed by atoms with E-state index >= 15 is 0 Å². The molecule has 3 amide bonds. The Morgan fingerprint density at radius 3 is 2.21 bits per heavy atom. The first-order valence-corrected chi connectivity index (χ1v) is 10.5. The zero-order valence-corrected chi connectivity index (χ0v) is 18.2. The van der Waals surface area contributed by atoms with Crippen molar-refractivity contribution in [2.45, 2.75) is 26.5 Å².